The van der Waals surface area contributed by atoms with Gasteiger partial charge in [-0.3, -0.25) is 5.84 Å². The van der Waals surface area contributed by atoms with E-state index in [9.17, 15) is 15.0 Å². The number of hydrogen-bond acceptors (Lipinski definition) is 6. The highest BCUT2D eigenvalue weighted by Crippen LogP contribution is 2.27. The molecule has 1 unspecified atom stereocenters. The molecule has 0 radical (unpaired) electrons. The molecule has 0 aliphatic rings. The lowest BCUT2D eigenvalue weighted by Crippen LogP contribution is -2.55. The molecule has 1 atom stereocenters. The lowest BCUT2D eigenvalue weighted by Gasteiger charge is -2.26. The quantitative estimate of drug-likeness (QED) is 0.279. The Labute approximate surface area is 134 Å². The third kappa shape index (κ3) is 4.21. The van der Waals surface area contributed by atoms with E-state index in [4.69, 9.17) is 10.6 Å². The second-order valence-corrected chi connectivity index (χ2v) is 5.54. The summed E-state index contributed by atoms with van der Waals surface area (Å²) in [7, 11) is 0. The third-order valence-corrected chi connectivity index (χ3v) is 3.58. The van der Waals surface area contributed by atoms with Gasteiger partial charge < -0.3 is 14.9 Å². The number of carbonyl (C=O) groups excluding carboxylic acids is 1. The zero-order valence-electron chi connectivity index (χ0n) is 12.8. The molecule has 0 aliphatic carbocycles. The number of nitrogens with one attached hydrogen (secondary N) is 1. The number of hydrazine groups is 1. The number of nitrogens with two attached hydrogens (primary N) is 1. The predicted octanol–water partition coefficient (Wildman–Crippen LogP) is 1.61. The number of rotatable bonds is 6. The average molecular weight is 316 g/mol. The summed E-state index contributed by atoms with van der Waals surface area (Å²) in [5, 5.41) is 18.9. The minimum Gasteiger partial charge on any atom is -0.504 e. The molecule has 122 valence electrons. The molecule has 0 saturated carbocycles. The van der Waals surface area contributed by atoms with E-state index in [0.717, 1.165) is 5.56 Å². The molecule has 0 spiro atoms. The maximum atomic E-state index is 12.3. The molecule has 0 bridgehead atoms. The van der Waals surface area contributed by atoms with Gasteiger partial charge in [0.15, 0.2) is 11.5 Å². The van der Waals surface area contributed by atoms with Crippen LogP contribution < -0.4 is 11.3 Å². The molecule has 2 rings (SSSR count). The summed E-state index contributed by atoms with van der Waals surface area (Å²) in [6.07, 6.45) is 0.199. The second-order valence-electron chi connectivity index (χ2n) is 5.54. The first-order chi connectivity index (χ1) is 10.9. The second kappa shape index (κ2) is 7.13. The molecule has 23 heavy (non-hydrogen) atoms. The number of esters is 1. The van der Waals surface area contributed by atoms with Crippen molar-refractivity contribution in [3.63, 3.8) is 0 Å². The van der Waals surface area contributed by atoms with Gasteiger partial charge >= 0.3 is 5.97 Å². The van der Waals surface area contributed by atoms with E-state index in [0.29, 0.717) is 5.56 Å². The van der Waals surface area contributed by atoms with Gasteiger partial charge in [0.05, 0.1) is 0 Å². The molecule has 0 heterocycles. The number of ether oxygens (including phenoxy) is 1. The summed E-state index contributed by atoms with van der Waals surface area (Å²) < 4.78 is 5.32. The Balaban J connectivity index is 2.06. The number of benzene rings is 2. The van der Waals surface area contributed by atoms with Crippen molar-refractivity contribution in [2.24, 2.45) is 5.84 Å². The number of phenols is 2. The molecule has 0 saturated heterocycles. The van der Waals surface area contributed by atoms with Crippen molar-refractivity contribution in [3.05, 3.63) is 59.7 Å². The summed E-state index contributed by atoms with van der Waals surface area (Å²) in [4.78, 5) is 12.3. The van der Waals surface area contributed by atoms with E-state index in [1.165, 1.54) is 12.1 Å². The Bertz CT molecular complexity index is 676. The first kappa shape index (κ1) is 16.8. The topological polar surface area (TPSA) is 105 Å². The van der Waals surface area contributed by atoms with Gasteiger partial charge in [-0.25, -0.2) is 10.2 Å². The fourth-order valence-electron chi connectivity index (χ4n) is 2.15. The van der Waals surface area contributed by atoms with E-state index in [1.807, 2.05) is 30.3 Å². The molecule has 2 aromatic rings. The Kier molecular flexibility index (Phi) is 5.20. The van der Waals surface area contributed by atoms with Crippen LogP contribution in [0.2, 0.25) is 0 Å². The highest BCUT2D eigenvalue weighted by molar-refractivity contribution is 5.80. The summed E-state index contributed by atoms with van der Waals surface area (Å²) in [6, 6.07) is 13.7. The number of carbonyl (C=O) groups is 1. The van der Waals surface area contributed by atoms with Gasteiger partial charge in [0.2, 0.25) is 0 Å². The molecule has 0 fully saturated rings. The Morgan fingerprint density at radius 1 is 1.13 bits per heavy atom. The summed E-state index contributed by atoms with van der Waals surface area (Å²) >= 11 is 0. The monoisotopic (exact) mass is 316 g/mol. The molecular weight excluding hydrogens is 296 g/mol. The van der Waals surface area contributed by atoms with Crippen molar-refractivity contribution in [3.8, 4) is 11.5 Å². The summed E-state index contributed by atoms with van der Waals surface area (Å²) in [5.74, 6) is 4.56. The molecule has 2 aromatic carbocycles. The number of phenolic OH excluding ortho intramolecular Hbond substituents is 2. The summed E-state index contributed by atoms with van der Waals surface area (Å²) in [5.41, 5.74) is 2.84. The van der Waals surface area contributed by atoms with E-state index in [-0.39, 0.29) is 24.5 Å². The minimum atomic E-state index is -1.15. The molecule has 6 nitrogen and oxygen atoms in total. The van der Waals surface area contributed by atoms with Crippen LogP contribution in [0, 0.1) is 0 Å². The molecule has 5 N–H and O–H groups in total. The zero-order valence-corrected chi connectivity index (χ0v) is 12.8. The Hall–Kier alpha value is -2.57. The van der Waals surface area contributed by atoms with Gasteiger partial charge in [-0.1, -0.05) is 36.4 Å². The van der Waals surface area contributed by atoms with Crippen molar-refractivity contribution in [2.45, 2.75) is 25.5 Å². The van der Waals surface area contributed by atoms with E-state index in [2.05, 4.69) is 5.43 Å². The largest absolute Gasteiger partial charge is 0.504 e. The molecule has 0 aliphatic heterocycles. The number of aromatic hydroxyl groups is 2. The maximum Gasteiger partial charge on any atom is 0.328 e. The van der Waals surface area contributed by atoms with Crippen LogP contribution in [-0.2, 0) is 22.6 Å². The first-order valence-corrected chi connectivity index (χ1v) is 7.14. The highest BCUT2D eigenvalue weighted by atomic mass is 16.5. The van der Waals surface area contributed by atoms with Crippen LogP contribution in [0.25, 0.3) is 0 Å². The van der Waals surface area contributed by atoms with Crippen LogP contribution in [0.3, 0.4) is 0 Å². The normalized spacial score (nSPS) is 13.3. The van der Waals surface area contributed by atoms with Gasteiger partial charge in [-0.2, -0.15) is 0 Å². The van der Waals surface area contributed by atoms with Gasteiger partial charge in [-0.05, 0) is 30.2 Å². The standard InChI is InChI=1S/C17H20N2O4/c1-17(19-18,10-13-7-8-14(20)15(21)9-13)16(22)23-11-12-5-3-2-4-6-12/h2-9,19-21H,10-11,18H2,1H3. The fourth-order valence-corrected chi connectivity index (χ4v) is 2.15. The minimum absolute atomic E-state index is 0.151. The molecular formula is C17H20N2O4. The van der Waals surface area contributed by atoms with Crippen LogP contribution >= 0.6 is 0 Å². The smallest absolute Gasteiger partial charge is 0.328 e. The van der Waals surface area contributed by atoms with E-state index < -0.39 is 11.5 Å². The molecule has 0 aromatic heterocycles. The Morgan fingerprint density at radius 2 is 1.83 bits per heavy atom. The van der Waals surface area contributed by atoms with Crippen molar-refractivity contribution < 1.29 is 19.7 Å². The first-order valence-electron chi connectivity index (χ1n) is 7.14. The highest BCUT2D eigenvalue weighted by Gasteiger charge is 2.34. The van der Waals surface area contributed by atoms with Crippen LogP contribution in [0.1, 0.15) is 18.1 Å². The zero-order chi connectivity index (χ0) is 16.9. The van der Waals surface area contributed by atoms with Crippen molar-refractivity contribution in [2.75, 3.05) is 0 Å². The Morgan fingerprint density at radius 3 is 2.43 bits per heavy atom. The van der Waals surface area contributed by atoms with Crippen molar-refractivity contribution >= 4 is 5.97 Å². The third-order valence-electron chi connectivity index (χ3n) is 3.58. The predicted molar refractivity (Wildman–Crippen MR) is 85.4 cm³/mol. The van der Waals surface area contributed by atoms with Gasteiger partial charge in [0, 0.05) is 6.42 Å². The van der Waals surface area contributed by atoms with E-state index in [1.54, 1.807) is 13.0 Å². The summed E-state index contributed by atoms with van der Waals surface area (Å²) in [6.45, 7) is 1.77. The SMILES string of the molecule is CC(Cc1ccc(O)c(O)c1)(NN)C(=O)OCc1ccccc1. The van der Waals surface area contributed by atoms with Crippen molar-refractivity contribution in [1.82, 2.24) is 5.43 Å². The van der Waals surface area contributed by atoms with Crippen LogP contribution in [0.4, 0.5) is 0 Å². The molecule has 0 amide bonds. The van der Waals surface area contributed by atoms with Crippen LogP contribution in [0.15, 0.2) is 48.5 Å². The molecule has 6 heteroatoms. The van der Waals surface area contributed by atoms with Crippen LogP contribution in [0.5, 0.6) is 11.5 Å². The van der Waals surface area contributed by atoms with Gasteiger partial charge in [0.25, 0.3) is 0 Å². The lowest BCUT2D eigenvalue weighted by molar-refractivity contribution is -0.152. The maximum absolute atomic E-state index is 12.3. The van der Waals surface area contributed by atoms with E-state index >= 15 is 0 Å². The van der Waals surface area contributed by atoms with Crippen molar-refractivity contribution in [1.29, 1.82) is 0 Å². The number of hydrogen-bond donors (Lipinski definition) is 4. The van der Waals surface area contributed by atoms with Gasteiger partial charge in [-0.15, -0.1) is 0 Å². The average Bonchev–Trinajstić information content (AvgIpc) is 2.56. The van der Waals surface area contributed by atoms with Crippen LogP contribution in [-0.4, -0.2) is 21.7 Å². The lowest BCUT2D eigenvalue weighted by atomic mass is 9.93. The van der Waals surface area contributed by atoms with Gasteiger partial charge in [0.1, 0.15) is 12.1 Å². The fraction of sp³-hybridized carbons (Fsp3) is 0.235.